The van der Waals surface area contributed by atoms with Gasteiger partial charge in [0, 0.05) is 5.38 Å². The third kappa shape index (κ3) is 2.10. The summed E-state index contributed by atoms with van der Waals surface area (Å²) in [5.41, 5.74) is 0. The van der Waals surface area contributed by atoms with Gasteiger partial charge in [0.05, 0.1) is 0 Å². The lowest BCUT2D eigenvalue weighted by atomic mass is 10.3. The van der Waals surface area contributed by atoms with E-state index in [-0.39, 0.29) is 11.6 Å². The number of ether oxygens (including phenoxy) is 1. The lowest BCUT2D eigenvalue weighted by Crippen LogP contribution is -1.86. The molecule has 2 rings (SSSR count). The smallest absolute Gasteiger partial charge is 0.279 e. The first-order chi connectivity index (χ1) is 6.75. The Morgan fingerprint density at radius 3 is 2.79 bits per heavy atom. The molecular weight excluding hydrogens is 269 g/mol. The Bertz CT molecular complexity index is 446. The van der Waals surface area contributed by atoms with Crippen molar-refractivity contribution in [1.29, 1.82) is 0 Å². The van der Waals surface area contributed by atoms with E-state index in [0.717, 1.165) is 0 Å². The fraction of sp³-hybridized carbons (Fsp3) is 0. The van der Waals surface area contributed by atoms with Crippen LogP contribution in [0.4, 0.5) is 4.39 Å². The zero-order chi connectivity index (χ0) is 9.97. The third-order valence-electron chi connectivity index (χ3n) is 1.49. The summed E-state index contributed by atoms with van der Waals surface area (Å²) in [6, 6.07) is 6.23. The Hall–Kier alpha value is -0.940. The molecule has 1 aromatic heterocycles. The summed E-state index contributed by atoms with van der Waals surface area (Å²) >= 11 is 4.50. The molecule has 0 amide bonds. The topological polar surface area (TPSA) is 22.1 Å². The average Bonchev–Trinajstić information content (AvgIpc) is 2.56. The molecule has 0 atom stereocenters. The van der Waals surface area contributed by atoms with Crippen molar-refractivity contribution in [2.24, 2.45) is 0 Å². The van der Waals surface area contributed by atoms with E-state index >= 15 is 0 Å². The van der Waals surface area contributed by atoms with Crippen molar-refractivity contribution in [3.8, 4) is 10.9 Å². The Morgan fingerprint density at radius 2 is 2.14 bits per heavy atom. The largest absolute Gasteiger partial charge is 0.428 e. The summed E-state index contributed by atoms with van der Waals surface area (Å²) in [7, 11) is 0. The van der Waals surface area contributed by atoms with Crippen LogP contribution in [0.15, 0.2) is 34.2 Å². The number of hydrogen-bond donors (Lipinski definition) is 0. The van der Waals surface area contributed by atoms with Crippen molar-refractivity contribution in [3.63, 3.8) is 0 Å². The van der Waals surface area contributed by atoms with Gasteiger partial charge in [-0.3, -0.25) is 0 Å². The fourth-order valence-corrected chi connectivity index (χ4v) is 2.01. The van der Waals surface area contributed by atoms with Crippen molar-refractivity contribution in [3.05, 3.63) is 40.1 Å². The molecule has 0 aliphatic carbocycles. The van der Waals surface area contributed by atoms with Gasteiger partial charge in [-0.2, -0.15) is 4.98 Å². The van der Waals surface area contributed by atoms with Crippen LogP contribution in [0.3, 0.4) is 0 Å². The van der Waals surface area contributed by atoms with E-state index in [1.54, 1.807) is 23.6 Å². The molecule has 0 spiro atoms. The quantitative estimate of drug-likeness (QED) is 0.830. The zero-order valence-electron chi connectivity index (χ0n) is 6.91. The normalized spacial score (nSPS) is 10.1. The molecule has 1 aromatic carbocycles. The number of aromatic nitrogens is 1. The first-order valence-electron chi connectivity index (χ1n) is 3.79. The van der Waals surface area contributed by atoms with Crippen molar-refractivity contribution in [2.75, 3.05) is 0 Å². The predicted octanol–water partition coefficient (Wildman–Crippen LogP) is 3.84. The van der Waals surface area contributed by atoms with Crippen LogP contribution in [0.1, 0.15) is 0 Å². The summed E-state index contributed by atoms with van der Waals surface area (Å²) in [4.78, 5) is 3.99. The maximum absolute atomic E-state index is 13.1. The Labute approximate surface area is 92.5 Å². The van der Waals surface area contributed by atoms with Gasteiger partial charge in [-0.25, -0.2) is 4.39 Å². The number of thiazole rings is 1. The molecular formula is C9H5BrFNOS. The molecule has 0 N–H and O–H groups in total. The van der Waals surface area contributed by atoms with Gasteiger partial charge in [0.25, 0.3) is 5.19 Å². The molecule has 2 aromatic rings. The Kier molecular flexibility index (Phi) is 2.79. The van der Waals surface area contributed by atoms with Gasteiger partial charge in [-0.1, -0.05) is 23.5 Å². The van der Waals surface area contributed by atoms with E-state index in [4.69, 9.17) is 4.74 Å². The van der Waals surface area contributed by atoms with Crippen molar-refractivity contribution >= 4 is 27.3 Å². The van der Waals surface area contributed by atoms with Crippen LogP contribution < -0.4 is 4.74 Å². The second kappa shape index (κ2) is 4.06. The Morgan fingerprint density at radius 1 is 1.36 bits per heavy atom. The lowest BCUT2D eigenvalue weighted by Gasteiger charge is -2.01. The Balaban J connectivity index is 2.23. The highest BCUT2D eigenvalue weighted by Crippen LogP contribution is 2.28. The van der Waals surface area contributed by atoms with Gasteiger partial charge >= 0.3 is 0 Å². The van der Waals surface area contributed by atoms with E-state index < -0.39 is 0 Å². The highest BCUT2D eigenvalue weighted by atomic mass is 79.9. The number of rotatable bonds is 2. The van der Waals surface area contributed by atoms with Gasteiger partial charge in [-0.05, 0) is 28.1 Å². The number of hydrogen-bond acceptors (Lipinski definition) is 3. The van der Waals surface area contributed by atoms with Gasteiger partial charge in [-0.15, -0.1) is 0 Å². The van der Waals surface area contributed by atoms with Gasteiger partial charge in [0.15, 0.2) is 11.6 Å². The van der Waals surface area contributed by atoms with Crippen LogP contribution in [-0.4, -0.2) is 4.98 Å². The minimum atomic E-state index is -0.390. The predicted molar refractivity (Wildman–Crippen MR) is 56.3 cm³/mol. The van der Waals surface area contributed by atoms with Crippen LogP contribution in [0.2, 0.25) is 0 Å². The first-order valence-corrected chi connectivity index (χ1v) is 5.46. The fourth-order valence-electron chi connectivity index (χ4n) is 0.907. The van der Waals surface area contributed by atoms with E-state index in [1.807, 2.05) is 0 Å². The maximum atomic E-state index is 13.1. The molecule has 0 bridgehead atoms. The summed E-state index contributed by atoms with van der Waals surface area (Å²) in [6.07, 6.45) is 0. The molecule has 0 radical (unpaired) electrons. The molecule has 0 aliphatic heterocycles. The minimum Gasteiger partial charge on any atom is -0.428 e. The van der Waals surface area contributed by atoms with Crippen molar-refractivity contribution in [2.45, 2.75) is 0 Å². The second-order valence-corrected chi connectivity index (χ2v) is 4.10. The third-order valence-corrected chi connectivity index (χ3v) is 2.92. The molecule has 72 valence electrons. The first kappa shape index (κ1) is 9.61. The van der Waals surface area contributed by atoms with E-state index in [9.17, 15) is 4.39 Å². The minimum absolute atomic E-state index is 0.189. The summed E-state index contributed by atoms with van der Waals surface area (Å²) in [5.74, 6) is -0.201. The number of halogens is 2. The van der Waals surface area contributed by atoms with Gasteiger partial charge in [0.1, 0.15) is 4.60 Å². The SMILES string of the molecule is Fc1ccccc1Oc1nc(Br)cs1. The van der Waals surface area contributed by atoms with Crippen molar-refractivity contribution < 1.29 is 9.13 Å². The van der Waals surface area contributed by atoms with Crippen LogP contribution in [-0.2, 0) is 0 Å². The number of benzene rings is 1. The molecule has 0 aliphatic rings. The van der Waals surface area contributed by atoms with Gasteiger partial charge < -0.3 is 4.74 Å². The molecule has 1 heterocycles. The van der Waals surface area contributed by atoms with Crippen LogP contribution >= 0.6 is 27.3 Å². The average molecular weight is 274 g/mol. The molecule has 5 heteroatoms. The molecule has 2 nitrogen and oxygen atoms in total. The molecule has 0 fully saturated rings. The van der Waals surface area contributed by atoms with E-state index in [1.165, 1.54) is 17.4 Å². The summed E-state index contributed by atoms with van der Waals surface area (Å²) < 4.78 is 19.0. The maximum Gasteiger partial charge on any atom is 0.279 e. The van der Waals surface area contributed by atoms with E-state index in [0.29, 0.717) is 9.80 Å². The van der Waals surface area contributed by atoms with Crippen molar-refractivity contribution in [1.82, 2.24) is 4.98 Å². The molecule has 0 unspecified atom stereocenters. The zero-order valence-corrected chi connectivity index (χ0v) is 9.31. The molecule has 0 saturated carbocycles. The molecule has 14 heavy (non-hydrogen) atoms. The van der Waals surface area contributed by atoms with E-state index in [2.05, 4.69) is 20.9 Å². The van der Waals surface area contributed by atoms with Crippen LogP contribution in [0, 0.1) is 5.82 Å². The second-order valence-electron chi connectivity index (χ2n) is 2.47. The molecule has 0 saturated heterocycles. The number of para-hydroxylation sites is 1. The van der Waals surface area contributed by atoms with Crippen LogP contribution in [0.5, 0.6) is 10.9 Å². The highest BCUT2D eigenvalue weighted by molar-refractivity contribution is 9.10. The summed E-state index contributed by atoms with van der Waals surface area (Å²) in [6.45, 7) is 0. The monoisotopic (exact) mass is 273 g/mol. The lowest BCUT2D eigenvalue weighted by molar-refractivity contribution is 0.439. The van der Waals surface area contributed by atoms with Crippen LogP contribution in [0.25, 0.3) is 0 Å². The number of nitrogens with zero attached hydrogens (tertiary/aromatic N) is 1. The van der Waals surface area contributed by atoms with Gasteiger partial charge in [0.2, 0.25) is 0 Å². The highest BCUT2D eigenvalue weighted by Gasteiger charge is 2.05. The standard InChI is InChI=1S/C9H5BrFNOS/c10-8-5-14-9(12-8)13-7-4-2-1-3-6(7)11/h1-5H. The summed E-state index contributed by atoms with van der Waals surface area (Å²) in [5, 5.41) is 2.19.